The Morgan fingerprint density at radius 1 is 1.38 bits per heavy atom. The number of likely N-dealkylation sites (tertiary alicyclic amines) is 1. The summed E-state index contributed by atoms with van der Waals surface area (Å²) in [5.41, 5.74) is 6.39. The highest BCUT2D eigenvalue weighted by Gasteiger charge is 2.25. The van der Waals surface area contributed by atoms with Crippen molar-refractivity contribution in [3.05, 3.63) is 29.8 Å². The van der Waals surface area contributed by atoms with E-state index in [1.807, 2.05) is 29.2 Å². The molecular formula is C16H25ClN2O2. The third-order valence-electron chi connectivity index (χ3n) is 3.77. The van der Waals surface area contributed by atoms with E-state index in [1.165, 1.54) is 0 Å². The van der Waals surface area contributed by atoms with Crippen LogP contribution in [0.4, 0.5) is 0 Å². The van der Waals surface area contributed by atoms with E-state index in [0.29, 0.717) is 12.5 Å². The number of nitrogens with two attached hydrogens (primary N) is 1. The quantitative estimate of drug-likeness (QED) is 0.822. The van der Waals surface area contributed by atoms with Gasteiger partial charge in [0.05, 0.1) is 6.61 Å². The van der Waals surface area contributed by atoms with E-state index in [2.05, 4.69) is 6.92 Å². The van der Waals surface area contributed by atoms with Crippen LogP contribution in [0.5, 0.6) is 5.75 Å². The van der Waals surface area contributed by atoms with Crippen molar-refractivity contribution in [3.8, 4) is 5.75 Å². The topological polar surface area (TPSA) is 55.6 Å². The predicted octanol–water partition coefficient (Wildman–Crippen LogP) is 2.71. The van der Waals surface area contributed by atoms with E-state index >= 15 is 0 Å². The van der Waals surface area contributed by atoms with Gasteiger partial charge in [-0.3, -0.25) is 4.79 Å². The molecule has 0 radical (unpaired) electrons. The van der Waals surface area contributed by atoms with Gasteiger partial charge in [0.25, 0.3) is 5.91 Å². The highest BCUT2D eigenvalue weighted by atomic mass is 35.5. The monoisotopic (exact) mass is 312 g/mol. The minimum absolute atomic E-state index is 0. The van der Waals surface area contributed by atoms with Gasteiger partial charge in [0, 0.05) is 18.7 Å². The second kappa shape index (κ2) is 8.90. The van der Waals surface area contributed by atoms with E-state index in [4.69, 9.17) is 10.5 Å². The van der Waals surface area contributed by atoms with E-state index in [-0.39, 0.29) is 18.3 Å². The number of hydrogen-bond donors (Lipinski definition) is 1. The zero-order chi connectivity index (χ0) is 14.4. The fourth-order valence-electron chi connectivity index (χ4n) is 2.42. The van der Waals surface area contributed by atoms with Gasteiger partial charge < -0.3 is 15.4 Å². The average Bonchev–Trinajstić information content (AvgIpc) is 2.96. The van der Waals surface area contributed by atoms with E-state index < -0.39 is 0 Å². The third kappa shape index (κ3) is 4.90. The number of carbonyl (C=O) groups excluding carboxylic acids is 1. The van der Waals surface area contributed by atoms with Crippen molar-refractivity contribution in [1.29, 1.82) is 0 Å². The van der Waals surface area contributed by atoms with Crippen LogP contribution < -0.4 is 10.5 Å². The summed E-state index contributed by atoms with van der Waals surface area (Å²) in [6, 6.07) is 7.44. The van der Waals surface area contributed by atoms with Crippen molar-refractivity contribution in [1.82, 2.24) is 4.90 Å². The molecule has 1 heterocycles. The van der Waals surface area contributed by atoms with Crippen molar-refractivity contribution in [2.45, 2.75) is 26.2 Å². The lowest BCUT2D eigenvalue weighted by Crippen LogP contribution is -2.29. The van der Waals surface area contributed by atoms with Crippen LogP contribution in [0.3, 0.4) is 0 Å². The van der Waals surface area contributed by atoms with E-state index in [0.717, 1.165) is 50.3 Å². The predicted molar refractivity (Wildman–Crippen MR) is 87.2 cm³/mol. The molecule has 5 heteroatoms. The Kier molecular flexibility index (Phi) is 7.54. The first-order valence-electron chi connectivity index (χ1n) is 7.46. The van der Waals surface area contributed by atoms with Gasteiger partial charge in [-0.15, -0.1) is 12.4 Å². The van der Waals surface area contributed by atoms with Crippen LogP contribution in [0.25, 0.3) is 0 Å². The molecule has 1 aliphatic heterocycles. The molecule has 0 spiro atoms. The first-order chi connectivity index (χ1) is 9.74. The summed E-state index contributed by atoms with van der Waals surface area (Å²) < 4.78 is 5.60. The maximum atomic E-state index is 12.3. The van der Waals surface area contributed by atoms with Crippen molar-refractivity contribution < 1.29 is 9.53 Å². The summed E-state index contributed by atoms with van der Waals surface area (Å²) in [6.07, 6.45) is 3.18. The number of benzene rings is 1. The van der Waals surface area contributed by atoms with Gasteiger partial charge in [-0.2, -0.15) is 0 Å². The number of amides is 1. The Labute approximate surface area is 133 Å². The molecule has 2 N–H and O–H groups in total. The molecule has 0 aliphatic carbocycles. The molecule has 118 valence electrons. The molecule has 1 unspecified atom stereocenters. The van der Waals surface area contributed by atoms with Crippen molar-refractivity contribution >= 4 is 18.3 Å². The van der Waals surface area contributed by atoms with Crippen LogP contribution >= 0.6 is 12.4 Å². The number of unbranched alkanes of at least 4 members (excludes halogenated alkanes) is 1. The minimum Gasteiger partial charge on any atom is -0.494 e. The van der Waals surface area contributed by atoms with Crippen LogP contribution in [-0.2, 0) is 0 Å². The Hall–Kier alpha value is -1.26. The number of rotatable bonds is 6. The first kappa shape index (κ1) is 17.8. The molecule has 1 aliphatic rings. The Bertz CT molecular complexity index is 436. The number of hydrogen-bond acceptors (Lipinski definition) is 3. The lowest BCUT2D eigenvalue weighted by Gasteiger charge is -2.16. The fraction of sp³-hybridized carbons (Fsp3) is 0.562. The van der Waals surface area contributed by atoms with Gasteiger partial charge in [0.1, 0.15) is 5.75 Å². The molecule has 1 amide bonds. The molecule has 1 saturated heterocycles. The van der Waals surface area contributed by atoms with Crippen molar-refractivity contribution in [3.63, 3.8) is 0 Å². The summed E-state index contributed by atoms with van der Waals surface area (Å²) in [6.45, 7) is 5.12. The molecule has 0 bridgehead atoms. The summed E-state index contributed by atoms with van der Waals surface area (Å²) in [5, 5.41) is 0. The van der Waals surface area contributed by atoms with Gasteiger partial charge in [0.15, 0.2) is 0 Å². The average molecular weight is 313 g/mol. The molecule has 1 fully saturated rings. The molecule has 2 rings (SSSR count). The van der Waals surface area contributed by atoms with Crippen LogP contribution in [0.2, 0.25) is 0 Å². The zero-order valence-electron chi connectivity index (χ0n) is 12.6. The number of ether oxygens (including phenoxy) is 1. The SMILES string of the molecule is CCCCOc1ccc(C(=O)N2CCC(CN)C2)cc1.Cl. The molecule has 0 aromatic heterocycles. The van der Waals surface area contributed by atoms with Gasteiger partial charge in [-0.05, 0) is 49.6 Å². The lowest BCUT2D eigenvalue weighted by molar-refractivity contribution is 0.0787. The summed E-state index contributed by atoms with van der Waals surface area (Å²) in [4.78, 5) is 14.2. The minimum atomic E-state index is 0. The Morgan fingerprint density at radius 2 is 2.10 bits per heavy atom. The second-order valence-corrected chi connectivity index (χ2v) is 5.37. The van der Waals surface area contributed by atoms with Gasteiger partial charge in [-0.1, -0.05) is 13.3 Å². The first-order valence-corrected chi connectivity index (χ1v) is 7.46. The Morgan fingerprint density at radius 3 is 2.67 bits per heavy atom. The highest BCUT2D eigenvalue weighted by molar-refractivity contribution is 5.94. The van der Waals surface area contributed by atoms with Crippen LogP contribution in [-0.4, -0.2) is 37.0 Å². The third-order valence-corrected chi connectivity index (χ3v) is 3.77. The van der Waals surface area contributed by atoms with Gasteiger partial charge in [0.2, 0.25) is 0 Å². The molecule has 1 aromatic carbocycles. The summed E-state index contributed by atoms with van der Waals surface area (Å²) >= 11 is 0. The summed E-state index contributed by atoms with van der Waals surface area (Å²) in [7, 11) is 0. The normalized spacial score (nSPS) is 17.4. The fourth-order valence-corrected chi connectivity index (χ4v) is 2.42. The molecule has 4 nitrogen and oxygen atoms in total. The number of halogens is 1. The van der Waals surface area contributed by atoms with Gasteiger partial charge >= 0.3 is 0 Å². The van der Waals surface area contributed by atoms with Crippen LogP contribution in [0, 0.1) is 5.92 Å². The molecular weight excluding hydrogens is 288 g/mol. The zero-order valence-corrected chi connectivity index (χ0v) is 13.4. The van der Waals surface area contributed by atoms with Crippen molar-refractivity contribution in [2.75, 3.05) is 26.2 Å². The highest BCUT2D eigenvalue weighted by Crippen LogP contribution is 2.19. The molecule has 21 heavy (non-hydrogen) atoms. The Balaban J connectivity index is 0.00000220. The maximum Gasteiger partial charge on any atom is 0.253 e. The molecule has 0 saturated carbocycles. The number of carbonyl (C=O) groups is 1. The largest absolute Gasteiger partial charge is 0.494 e. The van der Waals surface area contributed by atoms with E-state index in [9.17, 15) is 4.79 Å². The summed E-state index contributed by atoms with van der Waals surface area (Å²) in [5.74, 6) is 1.38. The lowest BCUT2D eigenvalue weighted by atomic mass is 10.1. The van der Waals surface area contributed by atoms with Gasteiger partial charge in [-0.25, -0.2) is 0 Å². The van der Waals surface area contributed by atoms with Crippen molar-refractivity contribution in [2.24, 2.45) is 11.7 Å². The molecule has 1 atom stereocenters. The number of nitrogens with zero attached hydrogens (tertiary/aromatic N) is 1. The molecule has 1 aromatic rings. The second-order valence-electron chi connectivity index (χ2n) is 5.37. The van der Waals surface area contributed by atoms with E-state index in [1.54, 1.807) is 0 Å². The maximum absolute atomic E-state index is 12.3. The standard InChI is InChI=1S/C16H24N2O2.ClH/c1-2-3-10-20-15-6-4-14(5-7-15)16(19)18-9-8-13(11-17)12-18;/h4-7,13H,2-3,8-12,17H2,1H3;1H. The van der Waals surface area contributed by atoms with Crippen LogP contribution in [0.15, 0.2) is 24.3 Å². The smallest absolute Gasteiger partial charge is 0.253 e. The van der Waals surface area contributed by atoms with Crippen LogP contribution in [0.1, 0.15) is 36.5 Å².